The number of halogens is 1. The number of rotatable bonds is 8. The van der Waals surface area contributed by atoms with Gasteiger partial charge in [0.25, 0.3) is 0 Å². The maximum Gasteiger partial charge on any atom is 0.316 e. The van der Waals surface area contributed by atoms with Crippen LogP contribution in [0.3, 0.4) is 0 Å². The Morgan fingerprint density at radius 2 is 1.69 bits per heavy atom. The average molecular weight is 569 g/mol. The summed E-state index contributed by atoms with van der Waals surface area (Å²) in [4.78, 5) is 15.8. The molecule has 0 amide bonds. The van der Waals surface area contributed by atoms with Crippen LogP contribution in [-0.2, 0) is 15.4 Å². The van der Waals surface area contributed by atoms with E-state index in [-0.39, 0.29) is 22.0 Å². The van der Waals surface area contributed by atoms with Crippen LogP contribution in [0.4, 0.5) is 5.69 Å². The predicted octanol–water partition coefficient (Wildman–Crippen LogP) is 4.39. The molecular weight excluding hydrogens is 536 g/mol. The van der Waals surface area contributed by atoms with Gasteiger partial charge >= 0.3 is 5.56 Å². The molecule has 3 aromatic rings. The van der Waals surface area contributed by atoms with Crippen molar-refractivity contribution in [3.8, 4) is 11.4 Å². The van der Waals surface area contributed by atoms with Crippen molar-refractivity contribution in [1.29, 1.82) is 0 Å². The van der Waals surface area contributed by atoms with Crippen molar-refractivity contribution in [3.63, 3.8) is 0 Å². The van der Waals surface area contributed by atoms with Gasteiger partial charge in [0.05, 0.1) is 23.7 Å². The van der Waals surface area contributed by atoms with E-state index >= 15 is 0 Å². The van der Waals surface area contributed by atoms with E-state index in [4.69, 9.17) is 16.3 Å². The first-order valence-electron chi connectivity index (χ1n) is 13.7. The van der Waals surface area contributed by atoms with E-state index < -0.39 is 10.0 Å². The number of hydrogen-bond donors (Lipinski definition) is 0. The zero-order chi connectivity index (χ0) is 27.0. The van der Waals surface area contributed by atoms with Crippen LogP contribution in [0.1, 0.15) is 44.1 Å². The first-order valence-corrected chi connectivity index (χ1v) is 15.6. The van der Waals surface area contributed by atoms with Gasteiger partial charge in [-0.15, -0.1) is 0 Å². The highest BCUT2D eigenvalue weighted by Crippen LogP contribution is 2.48. The minimum absolute atomic E-state index is 0.108. The van der Waals surface area contributed by atoms with Crippen molar-refractivity contribution < 1.29 is 13.2 Å². The van der Waals surface area contributed by atoms with Gasteiger partial charge in [-0.3, -0.25) is 4.79 Å². The third-order valence-electron chi connectivity index (χ3n) is 8.36. The average Bonchev–Trinajstić information content (AvgIpc) is 3.53. The highest BCUT2D eigenvalue weighted by Gasteiger charge is 2.45. The number of anilines is 1. The number of piperazine rings is 1. The molecule has 0 spiro atoms. The minimum atomic E-state index is -3.30. The molecule has 2 heterocycles. The third kappa shape index (κ3) is 5.19. The number of hydrogen-bond acceptors (Lipinski definition) is 6. The van der Waals surface area contributed by atoms with Gasteiger partial charge in [-0.1, -0.05) is 60.8 Å². The molecular formula is C29H33ClN4O4S. The molecule has 206 valence electrons. The Bertz CT molecular complexity index is 1490. The van der Waals surface area contributed by atoms with Gasteiger partial charge in [-0.05, 0) is 49.4 Å². The first-order chi connectivity index (χ1) is 18.9. The zero-order valence-electron chi connectivity index (χ0n) is 21.8. The van der Waals surface area contributed by atoms with E-state index in [0.717, 1.165) is 38.5 Å². The second-order valence-electron chi connectivity index (χ2n) is 10.8. The van der Waals surface area contributed by atoms with Crippen LogP contribution in [0.5, 0.6) is 5.75 Å². The second kappa shape index (κ2) is 10.6. The van der Waals surface area contributed by atoms with E-state index in [1.807, 2.05) is 23.1 Å². The lowest BCUT2D eigenvalue weighted by atomic mass is 9.97. The predicted molar refractivity (Wildman–Crippen MR) is 153 cm³/mol. The van der Waals surface area contributed by atoms with E-state index in [9.17, 15) is 13.2 Å². The number of sulfonamides is 1. The van der Waals surface area contributed by atoms with E-state index in [0.29, 0.717) is 49.2 Å². The molecule has 2 saturated carbocycles. The molecule has 10 heteroatoms. The molecule has 0 N–H and O–H groups in total. The summed E-state index contributed by atoms with van der Waals surface area (Å²) in [6, 6.07) is 17.3. The number of ether oxygens (including phenoxy) is 1. The number of benzene rings is 2. The fraction of sp³-hybridized carbons (Fsp3) is 0.448. The van der Waals surface area contributed by atoms with Crippen LogP contribution < -0.4 is 15.2 Å². The van der Waals surface area contributed by atoms with Gasteiger partial charge < -0.3 is 9.64 Å². The monoisotopic (exact) mass is 568 g/mol. The van der Waals surface area contributed by atoms with Crippen molar-refractivity contribution in [2.45, 2.75) is 49.2 Å². The van der Waals surface area contributed by atoms with Crippen LogP contribution in [0.15, 0.2) is 65.6 Å². The van der Waals surface area contributed by atoms with E-state index in [1.54, 1.807) is 34.8 Å². The van der Waals surface area contributed by atoms with E-state index in [2.05, 4.69) is 17.2 Å². The number of aromatic nitrogens is 2. The lowest BCUT2D eigenvalue weighted by Gasteiger charge is -2.37. The Labute approximate surface area is 234 Å². The molecule has 2 aliphatic carbocycles. The summed E-state index contributed by atoms with van der Waals surface area (Å²) >= 11 is 6.20. The normalized spacial score (nSPS) is 19.8. The quantitative estimate of drug-likeness (QED) is 0.401. The molecule has 0 radical (unpaired) electrons. The topological polar surface area (TPSA) is 84.7 Å². The fourth-order valence-electron chi connectivity index (χ4n) is 5.83. The maximum atomic E-state index is 13.8. The van der Waals surface area contributed by atoms with Gasteiger partial charge in [0.15, 0.2) is 0 Å². The van der Waals surface area contributed by atoms with Crippen molar-refractivity contribution in [2.24, 2.45) is 0 Å². The molecule has 39 heavy (non-hydrogen) atoms. The van der Waals surface area contributed by atoms with Crippen LogP contribution in [-0.4, -0.2) is 60.5 Å². The second-order valence-corrected chi connectivity index (χ2v) is 13.5. The minimum Gasteiger partial charge on any atom is -0.485 e. The molecule has 0 atom stereocenters. The molecule has 1 saturated heterocycles. The summed E-state index contributed by atoms with van der Waals surface area (Å²) in [6.45, 7) is 2.07. The van der Waals surface area contributed by atoms with Crippen molar-refractivity contribution >= 4 is 27.3 Å². The van der Waals surface area contributed by atoms with Crippen molar-refractivity contribution in [1.82, 2.24) is 14.1 Å². The Balaban J connectivity index is 1.28. The molecule has 2 aromatic carbocycles. The van der Waals surface area contributed by atoms with Gasteiger partial charge in [-0.25, -0.2) is 8.42 Å². The first kappa shape index (κ1) is 26.3. The Kier molecular flexibility index (Phi) is 7.16. The molecule has 8 nitrogen and oxygen atoms in total. The molecule has 3 fully saturated rings. The zero-order valence-corrected chi connectivity index (χ0v) is 23.4. The Hall–Kier alpha value is -2.88. The summed E-state index contributed by atoms with van der Waals surface area (Å²) in [7, 11) is -3.30. The highest BCUT2D eigenvalue weighted by molar-refractivity contribution is 7.89. The van der Waals surface area contributed by atoms with Gasteiger partial charge in [0.1, 0.15) is 5.69 Å². The molecule has 3 aliphatic rings. The smallest absolute Gasteiger partial charge is 0.316 e. The van der Waals surface area contributed by atoms with Crippen molar-refractivity contribution in [3.05, 3.63) is 81.7 Å². The summed E-state index contributed by atoms with van der Waals surface area (Å²) in [5.41, 5.74) is 1.89. The lowest BCUT2D eigenvalue weighted by molar-refractivity contribution is 0.272. The standard InChI is InChI=1S/C29H33ClN4O4S/c30-23-9-6-10-24(19-23)34-28(35)27(38-21-29(13-14-29)22-7-2-1-3-8-22)26(20-31-34)32-15-17-33(18-16-32)39(36,37)25-11-4-5-12-25/h1-3,6-10,19-20,25H,4-5,11-18,21H2. The summed E-state index contributed by atoms with van der Waals surface area (Å²) in [6.07, 6.45) is 7.09. The Morgan fingerprint density at radius 1 is 0.974 bits per heavy atom. The number of nitrogens with zero attached hydrogens (tertiary/aromatic N) is 4. The third-order valence-corrected chi connectivity index (χ3v) is 11.0. The van der Waals surface area contributed by atoms with Gasteiger partial charge in [0, 0.05) is 36.6 Å². The van der Waals surface area contributed by atoms with Gasteiger partial charge in [0.2, 0.25) is 15.8 Å². The van der Waals surface area contributed by atoms with E-state index in [1.165, 1.54) is 10.2 Å². The summed E-state index contributed by atoms with van der Waals surface area (Å²) in [5, 5.41) is 4.71. The van der Waals surface area contributed by atoms with Crippen LogP contribution in [0, 0.1) is 0 Å². The fourth-order valence-corrected chi connectivity index (χ4v) is 8.04. The largest absolute Gasteiger partial charge is 0.485 e. The molecule has 6 rings (SSSR count). The Morgan fingerprint density at radius 3 is 2.36 bits per heavy atom. The molecule has 0 bridgehead atoms. The maximum absolute atomic E-state index is 13.8. The lowest BCUT2D eigenvalue weighted by Crippen LogP contribution is -2.51. The summed E-state index contributed by atoms with van der Waals surface area (Å²) in [5.74, 6) is 0.235. The highest BCUT2D eigenvalue weighted by atomic mass is 35.5. The van der Waals surface area contributed by atoms with Crippen LogP contribution in [0.2, 0.25) is 5.02 Å². The van der Waals surface area contributed by atoms with Gasteiger partial charge in [-0.2, -0.15) is 14.1 Å². The molecule has 1 aromatic heterocycles. The SMILES string of the molecule is O=c1c(OCC2(c3ccccc3)CC2)c(N2CCN(S(=O)(=O)C3CCCC3)CC2)cnn1-c1cccc(Cl)c1. The van der Waals surface area contributed by atoms with Crippen LogP contribution >= 0.6 is 11.6 Å². The van der Waals surface area contributed by atoms with Crippen LogP contribution in [0.25, 0.3) is 5.69 Å². The summed E-state index contributed by atoms with van der Waals surface area (Å²) < 4.78 is 35.6. The molecule has 0 unspecified atom stereocenters. The van der Waals surface area contributed by atoms with Crippen molar-refractivity contribution in [2.75, 3.05) is 37.7 Å². The molecule has 1 aliphatic heterocycles.